The minimum Gasteiger partial charge on any atom is -0.275 e. The van der Waals surface area contributed by atoms with Gasteiger partial charge in [0.1, 0.15) is 11.6 Å². The van der Waals surface area contributed by atoms with Gasteiger partial charge in [-0.25, -0.2) is 4.79 Å². The second-order valence-corrected chi connectivity index (χ2v) is 8.92. The van der Waals surface area contributed by atoms with Gasteiger partial charge in [-0.15, -0.1) is 0 Å². The molecule has 2 rings (SSSR count). The predicted octanol–water partition coefficient (Wildman–Crippen LogP) is 2.53. The number of unbranched alkanes of at least 4 members (excludes halogenated alkanes) is 1. The fourth-order valence-corrected chi connectivity index (χ4v) is 3.30. The van der Waals surface area contributed by atoms with Crippen LogP contribution in [0, 0.1) is 0 Å². The van der Waals surface area contributed by atoms with Crippen molar-refractivity contribution in [3.8, 4) is 0 Å². The fraction of sp³-hybridized carbons (Fsp3) is 0.609. The van der Waals surface area contributed by atoms with Crippen molar-refractivity contribution >= 4 is 29.6 Å². The zero-order valence-corrected chi connectivity index (χ0v) is 20.3. The molecule has 0 aromatic carbocycles. The van der Waals surface area contributed by atoms with Crippen molar-refractivity contribution < 1.29 is 38.8 Å². The smallest absolute Gasteiger partial charge is 0.275 e. The topological polar surface area (TPSA) is 120 Å². The first-order valence-electron chi connectivity index (χ1n) is 11.0. The number of imide groups is 2. The Morgan fingerprint density at radius 3 is 1.82 bits per heavy atom. The molecule has 2 heterocycles. The van der Waals surface area contributed by atoms with Gasteiger partial charge in [0.25, 0.3) is 23.6 Å². The molecule has 0 aromatic heterocycles. The molecule has 10 heteroatoms. The summed E-state index contributed by atoms with van der Waals surface area (Å²) >= 11 is 0. The van der Waals surface area contributed by atoms with Gasteiger partial charge in [0, 0.05) is 28.8 Å². The third-order valence-electron chi connectivity index (χ3n) is 6.26. The maximum Gasteiger partial charge on any atom is 0.368 e. The molecule has 33 heavy (non-hydrogen) atoms. The standard InChI is InChI=1S/C23H32N2O8/c1-8-23(6,7)32-33-31-22(30)17(25-20(28)15(4)16(5)21(25)29)11-9-10-12-24-18(26)13(2)14(3)19(24)27/h17H,8-12H2,1-7H3. The number of carbonyl (C=O) groups is 5. The van der Waals surface area contributed by atoms with Crippen molar-refractivity contribution in [1.29, 1.82) is 0 Å². The molecule has 2 aliphatic rings. The molecular formula is C23H32N2O8. The summed E-state index contributed by atoms with van der Waals surface area (Å²) in [6, 6.07) is -1.24. The van der Waals surface area contributed by atoms with Crippen LogP contribution in [0.5, 0.6) is 0 Å². The van der Waals surface area contributed by atoms with Crippen molar-refractivity contribution in [2.75, 3.05) is 6.54 Å². The van der Waals surface area contributed by atoms with E-state index >= 15 is 0 Å². The lowest BCUT2D eigenvalue weighted by molar-refractivity contribution is -0.517. The summed E-state index contributed by atoms with van der Waals surface area (Å²) in [5, 5.41) is 4.64. The molecule has 182 valence electrons. The van der Waals surface area contributed by atoms with E-state index in [1.54, 1.807) is 27.7 Å². The molecule has 0 fully saturated rings. The molecule has 4 amide bonds. The van der Waals surface area contributed by atoms with Crippen LogP contribution in [0.2, 0.25) is 0 Å². The van der Waals surface area contributed by atoms with Crippen LogP contribution in [0.4, 0.5) is 0 Å². The fourth-order valence-electron chi connectivity index (χ4n) is 3.30. The van der Waals surface area contributed by atoms with Crippen molar-refractivity contribution in [1.82, 2.24) is 9.80 Å². The van der Waals surface area contributed by atoms with Crippen molar-refractivity contribution in [2.24, 2.45) is 0 Å². The van der Waals surface area contributed by atoms with Gasteiger partial charge in [0.15, 0.2) is 0 Å². The van der Waals surface area contributed by atoms with Gasteiger partial charge < -0.3 is 0 Å². The molecule has 0 bridgehead atoms. The van der Waals surface area contributed by atoms with Crippen LogP contribution < -0.4 is 0 Å². The van der Waals surface area contributed by atoms with Gasteiger partial charge in [-0.05, 0) is 72.3 Å². The lowest BCUT2D eigenvalue weighted by atomic mass is 10.1. The van der Waals surface area contributed by atoms with E-state index in [0.29, 0.717) is 30.4 Å². The van der Waals surface area contributed by atoms with E-state index in [0.717, 1.165) is 9.80 Å². The summed E-state index contributed by atoms with van der Waals surface area (Å²) in [5.74, 6) is -2.77. The third kappa shape index (κ3) is 5.56. The number of amides is 4. The summed E-state index contributed by atoms with van der Waals surface area (Å²) in [5.41, 5.74) is 0.639. The highest BCUT2D eigenvalue weighted by molar-refractivity contribution is 6.20. The Morgan fingerprint density at radius 1 is 0.848 bits per heavy atom. The quantitative estimate of drug-likeness (QED) is 0.198. The zero-order chi connectivity index (χ0) is 25.1. The van der Waals surface area contributed by atoms with Crippen LogP contribution in [-0.2, 0) is 38.8 Å². The van der Waals surface area contributed by atoms with Crippen LogP contribution >= 0.6 is 0 Å². The van der Waals surface area contributed by atoms with Gasteiger partial charge in [-0.1, -0.05) is 6.92 Å². The lowest BCUT2D eigenvalue weighted by Gasteiger charge is -2.25. The Kier molecular flexibility index (Phi) is 8.31. The predicted molar refractivity (Wildman–Crippen MR) is 116 cm³/mol. The Balaban J connectivity index is 2.03. The summed E-state index contributed by atoms with van der Waals surface area (Å²) < 4.78 is 0. The maximum atomic E-state index is 12.7. The number of nitrogens with zero attached hydrogens (tertiary/aromatic N) is 2. The normalized spacial score (nSPS) is 18.3. The highest BCUT2D eigenvalue weighted by Gasteiger charge is 2.42. The third-order valence-corrected chi connectivity index (χ3v) is 6.26. The molecule has 0 saturated heterocycles. The summed E-state index contributed by atoms with van der Waals surface area (Å²) in [7, 11) is 0. The monoisotopic (exact) mass is 464 g/mol. The van der Waals surface area contributed by atoms with Gasteiger partial charge >= 0.3 is 5.97 Å². The highest BCUT2D eigenvalue weighted by Crippen LogP contribution is 2.26. The van der Waals surface area contributed by atoms with E-state index in [-0.39, 0.29) is 35.9 Å². The largest absolute Gasteiger partial charge is 0.368 e. The van der Waals surface area contributed by atoms with E-state index in [2.05, 4.69) is 5.04 Å². The average Bonchev–Trinajstić information content (AvgIpc) is 3.07. The van der Waals surface area contributed by atoms with Crippen LogP contribution in [0.25, 0.3) is 0 Å². The Bertz CT molecular complexity index is 883. The molecule has 0 aliphatic carbocycles. The first-order chi connectivity index (χ1) is 15.3. The molecule has 0 aromatic rings. The Labute approximate surface area is 193 Å². The maximum absolute atomic E-state index is 12.7. The lowest BCUT2D eigenvalue weighted by Crippen LogP contribution is -2.46. The Hall–Kier alpha value is -2.85. The number of rotatable bonds is 11. The van der Waals surface area contributed by atoms with Crippen LogP contribution in [-0.4, -0.2) is 57.6 Å². The summed E-state index contributed by atoms with van der Waals surface area (Å²) in [6.45, 7) is 11.7. The SMILES string of the molecule is CCC(C)(C)OOOC(=O)C(CCCCN1C(=O)C(C)=C(C)C1=O)N1C(=O)C(C)=C(C)C1=O. The van der Waals surface area contributed by atoms with E-state index in [1.807, 2.05) is 6.92 Å². The van der Waals surface area contributed by atoms with Crippen LogP contribution in [0.1, 0.15) is 74.1 Å². The minimum absolute atomic E-state index is 0.0685. The first-order valence-corrected chi connectivity index (χ1v) is 11.0. The molecule has 10 nitrogen and oxygen atoms in total. The molecule has 1 atom stereocenters. The molecule has 0 saturated carbocycles. The van der Waals surface area contributed by atoms with Crippen LogP contribution in [0.15, 0.2) is 22.3 Å². The van der Waals surface area contributed by atoms with Crippen molar-refractivity contribution in [2.45, 2.75) is 85.8 Å². The highest BCUT2D eigenvalue weighted by atomic mass is 17.5. The van der Waals surface area contributed by atoms with Crippen LogP contribution in [0.3, 0.4) is 0 Å². The van der Waals surface area contributed by atoms with Gasteiger partial charge in [0.2, 0.25) is 0 Å². The molecule has 1 unspecified atom stereocenters. The second kappa shape index (κ2) is 10.4. The summed E-state index contributed by atoms with van der Waals surface area (Å²) in [6.07, 6.45) is 1.37. The molecule has 0 spiro atoms. The first kappa shape index (κ1) is 26.4. The van der Waals surface area contributed by atoms with Crippen molar-refractivity contribution in [3.63, 3.8) is 0 Å². The second-order valence-electron chi connectivity index (χ2n) is 8.92. The van der Waals surface area contributed by atoms with E-state index in [9.17, 15) is 24.0 Å². The number of hydrogen-bond acceptors (Lipinski definition) is 8. The summed E-state index contributed by atoms with van der Waals surface area (Å²) in [4.78, 5) is 74.2. The van der Waals surface area contributed by atoms with Gasteiger partial charge in [-0.2, -0.15) is 4.89 Å². The number of carbonyl (C=O) groups excluding carboxylic acids is 5. The Morgan fingerprint density at radius 2 is 1.33 bits per heavy atom. The van der Waals surface area contributed by atoms with Gasteiger partial charge in [0.05, 0.1) is 0 Å². The van der Waals surface area contributed by atoms with Gasteiger partial charge in [-0.3, -0.25) is 33.9 Å². The zero-order valence-electron chi connectivity index (χ0n) is 20.3. The molecular weight excluding hydrogens is 432 g/mol. The number of hydrogen-bond donors (Lipinski definition) is 0. The van der Waals surface area contributed by atoms with E-state index in [1.165, 1.54) is 13.8 Å². The van der Waals surface area contributed by atoms with Crippen molar-refractivity contribution in [3.05, 3.63) is 22.3 Å². The molecule has 0 N–H and O–H groups in total. The average molecular weight is 465 g/mol. The van der Waals surface area contributed by atoms with E-state index in [4.69, 9.17) is 9.78 Å². The minimum atomic E-state index is -1.24. The van der Waals surface area contributed by atoms with E-state index < -0.39 is 29.4 Å². The molecule has 2 aliphatic heterocycles. The molecule has 0 radical (unpaired) electrons.